The minimum atomic E-state index is -3.78. The molecule has 1 aliphatic rings. The molecule has 2 N–H and O–H groups in total. The van der Waals surface area contributed by atoms with Crippen molar-refractivity contribution in [2.45, 2.75) is 28.4 Å². The first-order valence-electron chi connectivity index (χ1n) is 9.38. The number of ether oxygens (including phenoxy) is 1. The highest BCUT2D eigenvalue weighted by atomic mass is 35.5. The summed E-state index contributed by atoms with van der Waals surface area (Å²) in [6.45, 7) is 2.04. The first-order valence-corrected chi connectivity index (χ1v) is 12.1. The molecule has 1 atom stereocenters. The number of sulfonamides is 1. The molecule has 0 unspecified atom stereocenters. The number of fused-ring (bicyclic) bond motifs is 1. The average molecular weight is 484 g/mol. The topological polar surface area (TPSA) is 105 Å². The summed E-state index contributed by atoms with van der Waals surface area (Å²) in [5, 5.41) is 5.31. The van der Waals surface area contributed by atoms with Gasteiger partial charge in [0.05, 0.1) is 17.5 Å². The van der Waals surface area contributed by atoms with E-state index < -0.39 is 21.2 Å². The normalized spacial score (nSPS) is 15.9. The van der Waals surface area contributed by atoms with Crippen LogP contribution in [0.4, 0.5) is 11.4 Å². The molecule has 31 heavy (non-hydrogen) atoms. The lowest BCUT2D eigenvalue weighted by Gasteiger charge is -2.24. The maximum atomic E-state index is 12.6. The van der Waals surface area contributed by atoms with Gasteiger partial charge < -0.3 is 15.4 Å². The van der Waals surface area contributed by atoms with Crippen LogP contribution in [0.15, 0.2) is 46.2 Å². The quantitative estimate of drug-likeness (QED) is 0.625. The summed E-state index contributed by atoms with van der Waals surface area (Å²) < 4.78 is 31.8. The van der Waals surface area contributed by atoms with Crippen molar-refractivity contribution < 1.29 is 22.7 Å². The molecule has 1 heterocycles. The van der Waals surface area contributed by atoms with Gasteiger partial charge in [0.1, 0.15) is 10.6 Å². The summed E-state index contributed by atoms with van der Waals surface area (Å²) in [5.74, 6) is -0.508. The highest BCUT2D eigenvalue weighted by molar-refractivity contribution is 8.01. The summed E-state index contributed by atoms with van der Waals surface area (Å²) in [6, 6.07) is 9.57. The fourth-order valence-electron chi connectivity index (χ4n) is 2.90. The van der Waals surface area contributed by atoms with E-state index in [-0.39, 0.29) is 23.0 Å². The second-order valence-electron chi connectivity index (χ2n) is 6.87. The molecule has 2 amide bonds. The molecule has 0 saturated heterocycles. The van der Waals surface area contributed by atoms with E-state index in [4.69, 9.17) is 16.3 Å². The molecule has 2 aromatic carbocycles. The van der Waals surface area contributed by atoms with Gasteiger partial charge in [-0.2, -0.15) is 0 Å². The number of rotatable bonds is 7. The molecule has 3 rings (SSSR count). The Morgan fingerprint density at radius 1 is 1.26 bits per heavy atom. The van der Waals surface area contributed by atoms with Gasteiger partial charge in [-0.1, -0.05) is 11.6 Å². The molecule has 0 radical (unpaired) electrons. The first kappa shape index (κ1) is 23.4. The average Bonchev–Trinajstić information content (AvgIpc) is 2.69. The van der Waals surface area contributed by atoms with Gasteiger partial charge in [0, 0.05) is 36.1 Å². The first-order chi connectivity index (χ1) is 14.6. The van der Waals surface area contributed by atoms with Gasteiger partial charge in [0.15, 0.2) is 0 Å². The molecule has 0 spiro atoms. The molecular weight excluding hydrogens is 462 g/mol. The standard InChI is InChI=1S/C20H22ClN3O5S2/c1-4-29-15-7-6-13(10-18(15)31(27,28)24(2)3)22-19(25)11-17-20(26)23-14-9-12(21)5-8-16(14)30-17/h5-10,17H,4,11H2,1-3H3,(H,22,25)(H,23,26)/t17-/m1/s1. The number of anilines is 2. The van der Waals surface area contributed by atoms with E-state index in [1.165, 1.54) is 38.0 Å². The Kier molecular flexibility index (Phi) is 7.15. The molecule has 166 valence electrons. The Hall–Kier alpha value is -2.27. The van der Waals surface area contributed by atoms with Crippen molar-refractivity contribution in [3.8, 4) is 5.75 Å². The molecule has 0 fully saturated rings. The number of nitrogens with zero attached hydrogens (tertiary/aromatic N) is 1. The lowest BCUT2D eigenvalue weighted by molar-refractivity contribution is -0.120. The maximum absolute atomic E-state index is 12.6. The number of carbonyl (C=O) groups excluding carboxylic acids is 2. The molecule has 0 aliphatic carbocycles. The number of carbonyl (C=O) groups is 2. The summed E-state index contributed by atoms with van der Waals surface area (Å²) in [5.41, 5.74) is 0.909. The number of benzene rings is 2. The van der Waals surface area contributed by atoms with Crippen LogP contribution in [-0.4, -0.2) is 50.5 Å². The maximum Gasteiger partial charge on any atom is 0.246 e. The van der Waals surface area contributed by atoms with E-state index >= 15 is 0 Å². The smallest absolute Gasteiger partial charge is 0.246 e. The third-order valence-electron chi connectivity index (χ3n) is 4.42. The fraction of sp³-hybridized carbons (Fsp3) is 0.300. The Morgan fingerprint density at radius 3 is 2.68 bits per heavy atom. The Morgan fingerprint density at radius 2 is 2.00 bits per heavy atom. The number of thioether (sulfide) groups is 1. The zero-order valence-electron chi connectivity index (χ0n) is 17.1. The van der Waals surface area contributed by atoms with E-state index in [2.05, 4.69) is 10.6 Å². The molecule has 2 aromatic rings. The van der Waals surface area contributed by atoms with Gasteiger partial charge in [-0.25, -0.2) is 12.7 Å². The Bertz CT molecular complexity index is 1120. The predicted octanol–water partition coefficient (Wildman–Crippen LogP) is 3.43. The van der Waals surface area contributed by atoms with Crippen LogP contribution >= 0.6 is 23.4 Å². The SMILES string of the molecule is CCOc1ccc(NC(=O)C[C@H]2Sc3ccc(Cl)cc3NC2=O)cc1S(=O)(=O)N(C)C. The number of nitrogens with one attached hydrogen (secondary N) is 2. The lowest BCUT2D eigenvalue weighted by Crippen LogP contribution is -2.32. The van der Waals surface area contributed by atoms with Crippen LogP contribution in [0, 0.1) is 0 Å². The van der Waals surface area contributed by atoms with Crippen molar-refractivity contribution >= 4 is 56.6 Å². The van der Waals surface area contributed by atoms with Gasteiger partial charge in [-0.15, -0.1) is 11.8 Å². The molecular formula is C20H22ClN3O5S2. The van der Waals surface area contributed by atoms with Crippen molar-refractivity contribution in [3.63, 3.8) is 0 Å². The van der Waals surface area contributed by atoms with E-state index in [0.717, 1.165) is 9.20 Å². The minimum absolute atomic E-state index is 0.0484. The van der Waals surface area contributed by atoms with Crippen LogP contribution in [0.3, 0.4) is 0 Å². The Labute approximate surface area is 190 Å². The third-order valence-corrected chi connectivity index (χ3v) is 7.76. The molecule has 0 saturated carbocycles. The third kappa shape index (κ3) is 5.32. The van der Waals surface area contributed by atoms with E-state index in [9.17, 15) is 18.0 Å². The number of hydrogen-bond acceptors (Lipinski definition) is 6. The van der Waals surface area contributed by atoms with Crippen molar-refractivity contribution in [1.82, 2.24) is 4.31 Å². The van der Waals surface area contributed by atoms with Crippen molar-refractivity contribution in [1.29, 1.82) is 0 Å². The van der Waals surface area contributed by atoms with Gasteiger partial charge in [-0.05, 0) is 43.3 Å². The van der Waals surface area contributed by atoms with Crippen LogP contribution in [-0.2, 0) is 19.6 Å². The largest absolute Gasteiger partial charge is 0.492 e. The van der Waals surface area contributed by atoms with Crippen LogP contribution in [0.1, 0.15) is 13.3 Å². The van der Waals surface area contributed by atoms with E-state index in [1.807, 2.05) is 0 Å². The van der Waals surface area contributed by atoms with Crippen molar-refractivity contribution in [2.24, 2.45) is 0 Å². The Balaban J connectivity index is 1.76. The van der Waals surface area contributed by atoms with E-state index in [1.54, 1.807) is 31.2 Å². The highest BCUT2D eigenvalue weighted by Gasteiger charge is 2.29. The highest BCUT2D eigenvalue weighted by Crippen LogP contribution is 2.38. The van der Waals surface area contributed by atoms with Gasteiger partial charge in [0.2, 0.25) is 21.8 Å². The second kappa shape index (κ2) is 9.47. The van der Waals surface area contributed by atoms with Crippen LogP contribution in [0.25, 0.3) is 0 Å². The van der Waals surface area contributed by atoms with Crippen molar-refractivity contribution in [2.75, 3.05) is 31.3 Å². The number of halogens is 1. The fourth-order valence-corrected chi connectivity index (χ4v) is 5.21. The molecule has 8 nitrogen and oxygen atoms in total. The van der Waals surface area contributed by atoms with Crippen LogP contribution in [0.2, 0.25) is 5.02 Å². The molecule has 0 aromatic heterocycles. The zero-order chi connectivity index (χ0) is 22.8. The molecule has 0 bridgehead atoms. The second-order valence-corrected chi connectivity index (χ2v) is 10.7. The summed E-state index contributed by atoms with van der Waals surface area (Å²) >= 11 is 7.23. The van der Waals surface area contributed by atoms with Crippen LogP contribution < -0.4 is 15.4 Å². The summed E-state index contributed by atoms with van der Waals surface area (Å²) in [4.78, 5) is 25.7. The molecule has 11 heteroatoms. The monoisotopic (exact) mass is 483 g/mol. The van der Waals surface area contributed by atoms with E-state index in [0.29, 0.717) is 23.0 Å². The van der Waals surface area contributed by atoms with Crippen LogP contribution in [0.5, 0.6) is 5.75 Å². The van der Waals surface area contributed by atoms with Gasteiger partial charge >= 0.3 is 0 Å². The van der Waals surface area contributed by atoms with Gasteiger partial charge in [0.25, 0.3) is 0 Å². The lowest BCUT2D eigenvalue weighted by atomic mass is 10.2. The van der Waals surface area contributed by atoms with Crippen molar-refractivity contribution in [3.05, 3.63) is 41.4 Å². The summed E-state index contributed by atoms with van der Waals surface area (Å²) in [6.07, 6.45) is -0.0818. The number of amides is 2. The predicted molar refractivity (Wildman–Crippen MR) is 121 cm³/mol. The summed E-state index contributed by atoms with van der Waals surface area (Å²) in [7, 11) is -0.949. The minimum Gasteiger partial charge on any atom is -0.492 e. The zero-order valence-corrected chi connectivity index (χ0v) is 19.5. The van der Waals surface area contributed by atoms with Gasteiger partial charge in [-0.3, -0.25) is 9.59 Å². The molecule has 1 aliphatic heterocycles. The number of hydrogen-bond donors (Lipinski definition) is 2.